The van der Waals surface area contributed by atoms with E-state index in [-0.39, 0.29) is 12.6 Å². The third kappa shape index (κ3) is 3.65. The van der Waals surface area contributed by atoms with Crippen LogP contribution in [0.25, 0.3) is 32.5 Å². The van der Waals surface area contributed by atoms with E-state index in [1.165, 1.54) is 6.20 Å². The fourth-order valence-electron chi connectivity index (χ4n) is 4.62. The van der Waals surface area contributed by atoms with Crippen molar-refractivity contribution in [3.05, 3.63) is 53.7 Å². The van der Waals surface area contributed by atoms with Crippen molar-refractivity contribution in [1.82, 2.24) is 19.9 Å². The largest absolute Gasteiger partial charge is 0.377 e. The Morgan fingerprint density at radius 2 is 2.18 bits per heavy atom. The first-order chi connectivity index (χ1) is 16.0. The first-order valence-electron chi connectivity index (χ1n) is 11.0. The fourth-order valence-corrected chi connectivity index (χ4v) is 5.62. The monoisotopic (exact) mass is 467 g/mol. The molecule has 1 aromatic carbocycles. The topological polar surface area (TPSA) is 57.3 Å². The van der Waals surface area contributed by atoms with Crippen LogP contribution in [0.15, 0.2) is 48.1 Å². The average Bonchev–Trinajstić information content (AvgIpc) is 3.52. The molecule has 0 radical (unpaired) electrons. The van der Waals surface area contributed by atoms with E-state index in [2.05, 4.69) is 16.8 Å². The maximum absolute atomic E-state index is 13.7. The summed E-state index contributed by atoms with van der Waals surface area (Å²) >= 11 is 1.58. The lowest BCUT2D eigenvalue weighted by Gasteiger charge is -2.34. The predicted molar refractivity (Wildman–Crippen MR) is 127 cm³/mol. The molecule has 1 fully saturated rings. The normalized spacial score (nSPS) is 20.4. The molecule has 2 aliphatic heterocycles. The number of benzene rings is 1. The standard InChI is InChI=1S/C24H23F2N5OS/c1-15-12-32-10-9-31(15)23-21-20(16(13-33-21)11-30-8-6-24(25,26)14-30)28-22(29-23)18-3-2-4-19-17(18)5-7-27-19/h2-8,13,15,27H,9-12,14H2,1H3/t15-/m1/s1. The third-order valence-corrected chi connectivity index (χ3v) is 7.28. The smallest absolute Gasteiger partial charge is 0.285 e. The molecule has 1 N–H and O–H groups in total. The summed E-state index contributed by atoms with van der Waals surface area (Å²) in [6, 6.07) is 8.25. The number of halogens is 2. The zero-order valence-corrected chi connectivity index (χ0v) is 18.9. The Kier molecular flexibility index (Phi) is 4.84. The number of rotatable bonds is 4. The Hall–Kier alpha value is -3.04. The minimum Gasteiger partial charge on any atom is -0.377 e. The van der Waals surface area contributed by atoms with Gasteiger partial charge in [-0.3, -0.25) is 0 Å². The Balaban J connectivity index is 1.50. The van der Waals surface area contributed by atoms with Crippen LogP contribution < -0.4 is 4.90 Å². The molecule has 0 bridgehead atoms. The number of aromatic nitrogens is 3. The lowest BCUT2D eigenvalue weighted by molar-refractivity contribution is 0.0432. The van der Waals surface area contributed by atoms with E-state index >= 15 is 0 Å². The number of anilines is 1. The van der Waals surface area contributed by atoms with Crippen LogP contribution in [0.4, 0.5) is 14.6 Å². The van der Waals surface area contributed by atoms with Gasteiger partial charge in [-0.25, -0.2) is 9.97 Å². The number of nitrogens with one attached hydrogen (secondary N) is 1. The Morgan fingerprint density at radius 1 is 1.27 bits per heavy atom. The van der Waals surface area contributed by atoms with E-state index in [4.69, 9.17) is 14.7 Å². The molecule has 0 spiro atoms. The summed E-state index contributed by atoms with van der Waals surface area (Å²) in [5.74, 6) is -1.26. The predicted octanol–water partition coefficient (Wildman–Crippen LogP) is 5.03. The highest BCUT2D eigenvalue weighted by Gasteiger charge is 2.33. The molecule has 170 valence electrons. The summed E-state index contributed by atoms with van der Waals surface area (Å²) in [5.41, 5.74) is 3.73. The highest BCUT2D eigenvalue weighted by atomic mass is 32.1. The molecule has 3 aromatic heterocycles. The summed E-state index contributed by atoms with van der Waals surface area (Å²) in [6.45, 7) is 4.23. The van der Waals surface area contributed by atoms with Gasteiger partial charge in [0.15, 0.2) is 11.6 Å². The number of hydrogen-bond acceptors (Lipinski definition) is 6. The van der Waals surface area contributed by atoms with E-state index in [1.807, 2.05) is 35.8 Å². The van der Waals surface area contributed by atoms with Gasteiger partial charge in [0.05, 0.1) is 36.0 Å². The average molecular weight is 468 g/mol. The zero-order chi connectivity index (χ0) is 22.6. The Bertz CT molecular complexity index is 1360. The van der Waals surface area contributed by atoms with Crippen molar-refractivity contribution in [2.24, 2.45) is 0 Å². The Labute approximate surface area is 193 Å². The quantitative estimate of drug-likeness (QED) is 0.456. The van der Waals surface area contributed by atoms with Crippen molar-refractivity contribution in [3.8, 4) is 11.4 Å². The maximum atomic E-state index is 13.7. The summed E-state index contributed by atoms with van der Waals surface area (Å²) in [5, 5.41) is 3.08. The van der Waals surface area contributed by atoms with E-state index in [9.17, 15) is 8.78 Å². The molecule has 1 saturated heterocycles. The molecular weight excluding hydrogens is 444 g/mol. The number of aromatic amines is 1. The van der Waals surface area contributed by atoms with Crippen molar-refractivity contribution in [3.63, 3.8) is 0 Å². The van der Waals surface area contributed by atoms with Gasteiger partial charge in [0.2, 0.25) is 0 Å². The molecule has 0 unspecified atom stereocenters. The van der Waals surface area contributed by atoms with Gasteiger partial charge >= 0.3 is 0 Å². The molecule has 1 atom stereocenters. The van der Waals surface area contributed by atoms with E-state index in [1.54, 1.807) is 16.2 Å². The molecule has 6 rings (SSSR count). The zero-order valence-electron chi connectivity index (χ0n) is 18.1. The number of alkyl halides is 2. The first kappa shape index (κ1) is 20.6. The van der Waals surface area contributed by atoms with Crippen molar-refractivity contribution in [2.75, 3.05) is 31.2 Å². The summed E-state index contributed by atoms with van der Waals surface area (Å²) < 4.78 is 34.1. The summed E-state index contributed by atoms with van der Waals surface area (Å²) in [7, 11) is 0. The third-order valence-electron chi connectivity index (χ3n) is 6.26. The second-order valence-electron chi connectivity index (χ2n) is 8.65. The maximum Gasteiger partial charge on any atom is 0.285 e. The van der Waals surface area contributed by atoms with Gasteiger partial charge in [-0.2, -0.15) is 8.78 Å². The first-order valence-corrected chi connectivity index (χ1v) is 11.9. The number of thiophene rings is 1. The minimum atomic E-state index is -2.79. The Morgan fingerprint density at radius 3 is 3.00 bits per heavy atom. The van der Waals surface area contributed by atoms with Crippen LogP contribution in [0.3, 0.4) is 0 Å². The number of ether oxygens (including phenoxy) is 1. The number of morpholine rings is 1. The van der Waals surface area contributed by atoms with Gasteiger partial charge in [-0.1, -0.05) is 12.1 Å². The molecule has 9 heteroatoms. The van der Waals surface area contributed by atoms with Crippen molar-refractivity contribution in [2.45, 2.75) is 25.4 Å². The molecule has 0 amide bonds. The number of nitrogens with zero attached hydrogens (tertiary/aromatic N) is 4. The van der Waals surface area contributed by atoms with Crippen LogP contribution in [0.5, 0.6) is 0 Å². The molecule has 33 heavy (non-hydrogen) atoms. The molecule has 4 aromatic rings. The van der Waals surface area contributed by atoms with E-state index in [0.29, 0.717) is 25.6 Å². The molecule has 5 heterocycles. The lowest BCUT2D eigenvalue weighted by Crippen LogP contribution is -2.44. The summed E-state index contributed by atoms with van der Waals surface area (Å²) in [4.78, 5) is 17.2. The van der Waals surface area contributed by atoms with Crippen LogP contribution in [0, 0.1) is 0 Å². The molecule has 0 saturated carbocycles. The van der Waals surface area contributed by atoms with Crippen LogP contribution in [-0.2, 0) is 11.3 Å². The molecule has 2 aliphatic rings. The number of hydrogen-bond donors (Lipinski definition) is 1. The van der Waals surface area contributed by atoms with Crippen LogP contribution in [-0.4, -0.2) is 58.1 Å². The molecule has 6 nitrogen and oxygen atoms in total. The second kappa shape index (κ2) is 7.78. The highest BCUT2D eigenvalue weighted by molar-refractivity contribution is 7.18. The van der Waals surface area contributed by atoms with E-state index < -0.39 is 5.92 Å². The lowest BCUT2D eigenvalue weighted by atomic mass is 10.1. The van der Waals surface area contributed by atoms with Crippen molar-refractivity contribution >= 4 is 38.3 Å². The van der Waals surface area contributed by atoms with Crippen molar-refractivity contribution < 1.29 is 13.5 Å². The van der Waals surface area contributed by atoms with Crippen LogP contribution in [0.1, 0.15) is 12.5 Å². The van der Waals surface area contributed by atoms with Gasteiger partial charge in [0.1, 0.15) is 0 Å². The summed E-state index contributed by atoms with van der Waals surface area (Å²) in [6.07, 6.45) is 4.36. The fraction of sp³-hybridized carbons (Fsp3) is 0.333. The van der Waals surface area contributed by atoms with Crippen LogP contribution >= 0.6 is 11.3 Å². The van der Waals surface area contributed by atoms with Gasteiger partial charge < -0.3 is 19.5 Å². The number of fused-ring (bicyclic) bond motifs is 2. The van der Waals surface area contributed by atoms with Gasteiger partial charge in [0.25, 0.3) is 5.92 Å². The van der Waals surface area contributed by atoms with Gasteiger partial charge in [0, 0.05) is 53.6 Å². The van der Waals surface area contributed by atoms with Crippen LogP contribution in [0.2, 0.25) is 0 Å². The molecular formula is C24H23F2N5OS. The molecule has 0 aliphatic carbocycles. The SMILES string of the molecule is C[C@@H]1COCCN1c1nc(-c2cccc3[nH]ccc23)nc2c(CN3C=CC(F)(F)C3)csc12. The van der Waals surface area contributed by atoms with Crippen molar-refractivity contribution in [1.29, 1.82) is 0 Å². The van der Waals surface area contributed by atoms with Gasteiger partial charge in [-0.15, -0.1) is 11.3 Å². The highest BCUT2D eigenvalue weighted by Crippen LogP contribution is 2.38. The minimum absolute atomic E-state index is 0.179. The van der Waals surface area contributed by atoms with Gasteiger partial charge in [-0.05, 0) is 24.4 Å². The van der Waals surface area contributed by atoms with E-state index in [0.717, 1.165) is 50.7 Å². The number of H-pyrrole nitrogens is 1. The second-order valence-corrected chi connectivity index (χ2v) is 9.53.